The maximum atomic E-state index is 9.88. The molecule has 4 nitrogen and oxygen atoms in total. The monoisotopic (exact) mass is 181 g/mol. The van der Waals surface area contributed by atoms with Crippen LogP contribution >= 0.6 is 0 Å². The van der Waals surface area contributed by atoms with E-state index in [1.54, 1.807) is 12.4 Å². The maximum Gasteiger partial charge on any atom is 0.136 e. The van der Waals surface area contributed by atoms with E-state index in [2.05, 4.69) is 15.3 Å². The summed E-state index contributed by atoms with van der Waals surface area (Å²) in [5, 5.41) is 13.2. The number of hydrogen-bond acceptors (Lipinski definition) is 3. The molecule has 4 heteroatoms. The molecule has 1 aromatic rings. The van der Waals surface area contributed by atoms with E-state index in [-0.39, 0.29) is 6.04 Å². The molecule has 1 saturated heterocycles. The van der Waals surface area contributed by atoms with Crippen molar-refractivity contribution in [1.29, 1.82) is 0 Å². The number of nitrogens with one attached hydrogen (secondary N) is 2. The number of aromatic nitrogens is 2. The summed E-state index contributed by atoms with van der Waals surface area (Å²) in [6.45, 7) is 1.00. The van der Waals surface area contributed by atoms with Crippen molar-refractivity contribution >= 4 is 0 Å². The summed E-state index contributed by atoms with van der Waals surface area (Å²) < 4.78 is 0. The Kier molecular flexibility index (Phi) is 2.61. The maximum absolute atomic E-state index is 9.88. The molecule has 2 atom stereocenters. The van der Waals surface area contributed by atoms with Gasteiger partial charge in [0.15, 0.2) is 0 Å². The van der Waals surface area contributed by atoms with E-state index in [1.165, 1.54) is 12.8 Å². The standard InChI is InChI=1S/C9H15N3O/c13-8(9-11-5-6-12-9)7-3-1-2-4-10-7/h5-8,10,13H,1-4H2,(H,11,12). The molecule has 0 aromatic carbocycles. The van der Waals surface area contributed by atoms with Gasteiger partial charge in [-0.2, -0.15) is 0 Å². The van der Waals surface area contributed by atoms with Crippen molar-refractivity contribution in [2.45, 2.75) is 31.4 Å². The van der Waals surface area contributed by atoms with Gasteiger partial charge < -0.3 is 15.4 Å². The van der Waals surface area contributed by atoms with E-state index in [0.29, 0.717) is 5.82 Å². The third-order valence-corrected chi connectivity index (χ3v) is 2.53. The number of hydrogen-bond donors (Lipinski definition) is 3. The zero-order valence-corrected chi connectivity index (χ0v) is 7.53. The van der Waals surface area contributed by atoms with Gasteiger partial charge in [0.1, 0.15) is 11.9 Å². The average molecular weight is 181 g/mol. The molecule has 0 spiro atoms. The molecular weight excluding hydrogens is 166 g/mol. The fraction of sp³-hybridized carbons (Fsp3) is 0.667. The molecular formula is C9H15N3O. The molecule has 72 valence electrons. The minimum Gasteiger partial charge on any atom is -0.384 e. The lowest BCUT2D eigenvalue weighted by molar-refractivity contribution is 0.106. The fourth-order valence-corrected chi connectivity index (χ4v) is 1.78. The lowest BCUT2D eigenvalue weighted by Crippen LogP contribution is -2.39. The van der Waals surface area contributed by atoms with Crippen molar-refractivity contribution in [2.75, 3.05) is 6.54 Å². The Morgan fingerprint density at radius 2 is 2.46 bits per heavy atom. The molecule has 0 amide bonds. The van der Waals surface area contributed by atoms with E-state index in [0.717, 1.165) is 13.0 Å². The van der Waals surface area contributed by atoms with E-state index in [9.17, 15) is 5.11 Å². The van der Waals surface area contributed by atoms with Gasteiger partial charge in [-0.25, -0.2) is 4.98 Å². The molecule has 13 heavy (non-hydrogen) atoms. The van der Waals surface area contributed by atoms with Crippen LogP contribution in [0.3, 0.4) is 0 Å². The third-order valence-electron chi connectivity index (χ3n) is 2.53. The zero-order chi connectivity index (χ0) is 9.10. The van der Waals surface area contributed by atoms with E-state index < -0.39 is 6.10 Å². The van der Waals surface area contributed by atoms with Crippen LogP contribution in [0.5, 0.6) is 0 Å². The van der Waals surface area contributed by atoms with Gasteiger partial charge in [-0.15, -0.1) is 0 Å². The van der Waals surface area contributed by atoms with Crippen LogP contribution in [0.1, 0.15) is 31.2 Å². The van der Waals surface area contributed by atoms with Crippen molar-refractivity contribution < 1.29 is 5.11 Å². The van der Waals surface area contributed by atoms with E-state index >= 15 is 0 Å². The molecule has 0 radical (unpaired) electrons. The Labute approximate surface area is 77.4 Å². The van der Waals surface area contributed by atoms with Gasteiger partial charge in [-0.3, -0.25) is 0 Å². The van der Waals surface area contributed by atoms with Gasteiger partial charge >= 0.3 is 0 Å². The van der Waals surface area contributed by atoms with Crippen molar-refractivity contribution in [1.82, 2.24) is 15.3 Å². The first-order valence-electron chi connectivity index (χ1n) is 4.78. The smallest absolute Gasteiger partial charge is 0.136 e. The van der Waals surface area contributed by atoms with Gasteiger partial charge in [0, 0.05) is 18.4 Å². The lowest BCUT2D eigenvalue weighted by atomic mass is 10.00. The highest BCUT2D eigenvalue weighted by Gasteiger charge is 2.23. The molecule has 1 aliphatic rings. The summed E-state index contributed by atoms with van der Waals surface area (Å²) in [5.41, 5.74) is 0. The second kappa shape index (κ2) is 3.89. The zero-order valence-electron chi connectivity index (χ0n) is 7.53. The van der Waals surface area contributed by atoms with Crippen LogP contribution in [0.2, 0.25) is 0 Å². The Morgan fingerprint density at radius 1 is 1.54 bits per heavy atom. The second-order valence-electron chi connectivity index (χ2n) is 3.48. The molecule has 0 saturated carbocycles. The summed E-state index contributed by atoms with van der Waals surface area (Å²) >= 11 is 0. The van der Waals surface area contributed by atoms with Crippen LogP contribution in [0.15, 0.2) is 12.4 Å². The largest absolute Gasteiger partial charge is 0.384 e. The van der Waals surface area contributed by atoms with Gasteiger partial charge in [0.25, 0.3) is 0 Å². The van der Waals surface area contributed by atoms with Crippen molar-refractivity contribution in [2.24, 2.45) is 0 Å². The lowest BCUT2D eigenvalue weighted by Gasteiger charge is -2.26. The van der Waals surface area contributed by atoms with Crippen molar-refractivity contribution in [3.05, 3.63) is 18.2 Å². The molecule has 1 fully saturated rings. The minimum absolute atomic E-state index is 0.167. The summed E-state index contributed by atoms with van der Waals surface area (Å²) in [6, 6.07) is 0.167. The number of piperidine rings is 1. The predicted octanol–water partition coefficient (Wildman–Crippen LogP) is 0.585. The fourth-order valence-electron chi connectivity index (χ4n) is 1.78. The molecule has 1 aliphatic heterocycles. The van der Waals surface area contributed by atoms with Crippen LogP contribution in [0.25, 0.3) is 0 Å². The third kappa shape index (κ3) is 1.89. The molecule has 2 rings (SSSR count). The molecule has 0 bridgehead atoms. The Morgan fingerprint density at radius 3 is 3.08 bits per heavy atom. The summed E-state index contributed by atoms with van der Waals surface area (Å²) in [6.07, 6.45) is 6.34. The molecule has 1 aromatic heterocycles. The number of aromatic amines is 1. The predicted molar refractivity (Wildman–Crippen MR) is 49.2 cm³/mol. The highest BCUT2D eigenvalue weighted by molar-refractivity contribution is 4.97. The van der Waals surface area contributed by atoms with Gasteiger partial charge in [0.2, 0.25) is 0 Å². The number of aliphatic hydroxyl groups excluding tert-OH is 1. The topological polar surface area (TPSA) is 60.9 Å². The Balaban J connectivity index is 1.99. The van der Waals surface area contributed by atoms with Crippen LogP contribution < -0.4 is 5.32 Å². The van der Waals surface area contributed by atoms with Crippen LogP contribution in [0, 0.1) is 0 Å². The quantitative estimate of drug-likeness (QED) is 0.625. The van der Waals surface area contributed by atoms with Crippen LogP contribution in [0.4, 0.5) is 0 Å². The van der Waals surface area contributed by atoms with Crippen LogP contribution in [-0.2, 0) is 0 Å². The molecule has 0 aliphatic carbocycles. The summed E-state index contributed by atoms with van der Waals surface area (Å²) in [4.78, 5) is 6.98. The minimum atomic E-state index is -0.490. The van der Waals surface area contributed by atoms with E-state index in [4.69, 9.17) is 0 Å². The Hall–Kier alpha value is -0.870. The van der Waals surface area contributed by atoms with Gasteiger partial charge in [0.05, 0.1) is 0 Å². The number of imidazole rings is 1. The first-order chi connectivity index (χ1) is 6.38. The average Bonchev–Trinajstić information content (AvgIpc) is 2.71. The first-order valence-corrected chi connectivity index (χ1v) is 4.78. The van der Waals surface area contributed by atoms with Crippen molar-refractivity contribution in [3.63, 3.8) is 0 Å². The second-order valence-corrected chi connectivity index (χ2v) is 3.48. The normalized spacial score (nSPS) is 25.8. The van der Waals surface area contributed by atoms with Gasteiger partial charge in [-0.1, -0.05) is 6.42 Å². The molecule has 3 N–H and O–H groups in total. The molecule has 2 heterocycles. The number of rotatable bonds is 2. The summed E-state index contributed by atoms with van der Waals surface area (Å²) in [5.74, 6) is 0.666. The van der Waals surface area contributed by atoms with Gasteiger partial charge in [-0.05, 0) is 19.4 Å². The highest BCUT2D eigenvalue weighted by Crippen LogP contribution is 2.19. The van der Waals surface area contributed by atoms with E-state index in [1.807, 2.05) is 0 Å². The number of nitrogens with zero attached hydrogens (tertiary/aromatic N) is 1. The number of aliphatic hydroxyl groups is 1. The number of H-pyrrole nitrogens is 1. The summed E-state index contributed by atoms with van der Waals surface area (Å²) in [7, 11) is 0. The van der Waals surface area contributed by atoms with Crippen LogP contribution in [-0.4, -0.2) is 27.7 Å². The highest BCUT2D eigenvalue weighted by atomic mass is 16.3. The first kappa shape index (κ1) is 8.72. The SMILES string of the molecule is OC(c1ncc[nH]1)C1CCCCN1. The Bertz CT molecular complexity index is 241. The molecule has 2 unspecified atom stereocenters. The van der Waals surface area contributed by atoms with Crippen molar-refractivity contribution in [3.8, 4) is 0 Å².